The van der Waals surface area contributed by atoms with Crippen LogP contribution < -0.4 is 0 Å². The SMILES string of the molecule is CC(C)(C)O[Si](C)(C)O[Si](C)(CCCOCC(O)N=C(CO)CCO)O[Si](C)(C)CCCO. The standard InChI is InChI=1S/C21H49NO8Si3/c1-21(2,3)28-32(6,7)30-33(8,29-31(4,5)15-9-12-23)16-10-14-27-18-20(26)22-19(17-25)11-13-24/h20,23-26H,9-18H2,1-8H3. The lowest BCUT2D eigenvalue weighted by atomic mass is 10.2. The molecule has 12 heteroatoms. The fourth-order valence-electron chi connectivity index (χ4n) is 3.79. The lowest BCUT2D eigenvalue weighted by Gasteiger charge is -2.42. The van der Waals surface area contributed by atoms with Gasteiger partial charge in [0.25, 0.3) is 0 Å². The molecule has 0 aliphatic heterocycles. The van der Waals surface area contributed by atoms with Gasteiger partial charge in [0.05, 0.1) is 18.8 Å². The molecule has 4 N–H and O–H groups in total. The molecule has 2 atom stereocenters. The number of hydrogen-bond acceptors (Lipinski definition) is 9. The molecule has 0 amide bonds. The molecule has 0 rings (SSSR count). The summed E-state index contributed by atoms with van der Waals surface area (Å²) in [6.45, 7) is 16.7. The maximum absolute atomic E-state index is 9.96. The number of rotatable bonds is 18. The van der Waals surface area contributed by atoms with Gasteiger partial charge in [-0.3, -0.25) is 4.99 Å². The fourth-order valence-corrected chi connectivity index (χ4v) is 17.8. The third-order valence-corrected chi connectivity index (χ3v) is 16.1. The van der Waals surface area contributed by atoms with E-state index in [2.05, 4.69) is 24.6 Å². The van der Waals surface area contributed by atoms with Crippen molar-refractivity contribution in [2.24, 2.45) is 4.99 Å². The van der Waals surface area contributed by atoms with E-state index < -0.39 is 31.7 Å². The van der Waals surface area contributed by atoms with E-state index in [4.69, 9.17) is 22.5 Å². The maximum Gasteiger partial charge on any atom is 0.323 e. The number of hydrogen-bond donors (Lipinski definition) is 4. The van der Waals surface area contributed by atoms with Crippen LogP contribution in [0, 0.1) is 0 Å². The molecule has 0 radical (unpaired) electrons. The second kappa shape index (κ2) is 15.2. The van der Waals surface area contributed by atoms with Gasteiger partial charge in [-0.25, -0.2) is 0 Å². The number of ether oxygens (including phenoxy) is 1. The van der Waals surface area contributed by atoms with Gasteiger partial charge >= 0.3 is 17.1 Å². The minimum atomic E-state index is -2.60. The van der Waals surface area contributed by atoms with Crippen LogP contribution in [0.25, 0.3) is 0 Å². The van der Waals surface area contributed by atoms with Crippen molar-refractivity contribution in [2.75, 3.05) is 33.0 Å². The highest BCUT2D eigenvalue weighted by atomic mass is 28.5. The molecular formula is C21H49NO8Si3. The Bertz CT molecular complexity index is 572. The summed E-state index contributed by atoms with van der Waals surface area (Å²) in [6, 6.07) is 1.58. The fraction of sp³-hybridized carbons (Fsp3) is 0.952. The molecule has 198 valence electrons. The van der Waals surface area contributed by atoms with Crippen molar-refractivity contribution in [1.29, 1.82) is 0 Å². The van der Waals surface area contributed by atoms with Crippen molar-refractivity contribution in [2.45, 2.75) is 96.7 Å². The monoisotopic (exact) mass is 527 g/mol. The third-order valence-electron chi connectivity index (χ3n) is 4.54. The molecule has 0 aliphatic rings. The number of aliphatic hydroxyl groups excluding tert-OH is 4. The van der Waals surface area contributed by atoms with Gasteiger partial charge in [0, 0.05) is 32.0 Å². The molecule has 0 heterocycles. The van der Waals surface area contributed by atoms with Gasteiger partial charge in [0.15, 0.2) is 14.5 Å². The molecule has 0 saturated carbocycles. The molecule has 33 heavy (non-hydrogen) atoms. The van der Waals surface area contributed by atoms with Crippen LogP contribution in [-0.2, 0) is 17.4 Å². The van der Waals surface area contributed by atoms with Crippen LogP contribution in [0.5, 0.6) is 0 Å². The van der Waals surface area contributed by atoms with E-state index in [1.165, 1.54) is 0 Å². The first-order valence-electron chi connectivity index (χ1n) is 11.8. The largest absolute Gasteiger partial charge is 0.436 e. The summed E-state index contributed by atoms with van der Waals surface area (Å²) in [4.78, 5) is 3.96. The van der Waals surface area contributed by atoms with Gasteiger partial charge in [-0.2, -0.15) is 0 Å². The molecule has 9 nitrogen and oxygen atoms in total. The van der Waals surface area contributed by atoms with E-state index in [0.717, 1.165) is 18.5 Å². The second-order valence-electron chi connectivity index (χ2n) is 10.5. The zero-order valence-electron chi connectivity index (χ0n) is 22.0. The second-order valence-corrected chi connectivity index (χ2v) is 21.9. The first-order chi connectivity index (χ1) is 15.1. The van der Waals surface area contributed by atoms with Gasteiger partial charge in [-0.05, 0) is 78.4 Å². The van der Waals surface area contributed by atoms with E-state index in [-0.39, 0.29) is 38.4 Å². The van der Waals surface area contributed by atoms with Gasteiger partial charge in [0.1, 0.15) is 0 Å². The van der Waals surface area contributed by atoms with Crippen LogP contribution in [-0.4, -0.2) is 96.4 Å². The summed E-state index contributed by atoms with van der Waals surface area (Å²) in [6.07, 6.45) is 0.563. The molecule has 0 aromatic heterocycles. The van der Waals surface area contributed by atoms with Gasteiger partial charge in [-0.15, -0.1) is 0 Å². The van der Waals surface area contributed by atoms with Crippen LogP contribution in [0.1, 0.15) is 40.0 Å². The van der Waals surface area contributed by atoms with Crippen LogP contribution in [0.3, 0.4) is 0 Å². The Kier molecular flexibility index (Phi) is 15.2. The van der Waals surface area contributed by atoms with Crippen molar-refractivity contribution >= 4 is 31.2 Å². The quantitative estimate of drug-likeness (QED) is 0.122. The van der Waals surface area contributed by atoms with Crippen molar-refractivity contribution in [3.05, 3.63) is 0 Å². The first kappa shape index (κ1) is 33.0. The van der Waals surface area contributed by atoms with E-state index in [1.54, 1.807) is 0 Å². The molecule has 0 aromatic rings. The predicted octanol–water partition coefficient (Wildman–Crippen LogP) is 2.74. The van der Waals surface area contributed by atoms with Crippen LogP contribution in [0.2, 0.25) is 44.8 Å². The molecular weight excluding hydrogens is 478 g/mol. The maximum atomic E-state index is 9.96. The Balaban J connectivity index is 5.03. The van der Waals surface area contributed by atoms with Crippen LogP contribution >= 0.6 is 0 Å². The summed E-state index contributed by atoms with van der Waals surface area (Å²) in [5.41, 5.74) is 0.0365. The number of aliphatic hydroxyl groups is 4. The van der Waals surface area contributed by atoms with Crippen LogP contribution in [0.4, 0.5) is 0 Å². The van der Waals surface area contributed by atoms with E-state index >= 15 is 0 Å². The van der Waals surface area contributed by atoms with Crippen LogP contribution in [0.15, 0.2) is 4.99 Å². The zero-order chi connectivity index (χ0) is 25.8. The molecule has 0 aliphatic carbocycles. The molecule has 0 aromatic carbocycles. The highest BCUT2D eigenvalue weighted by molar-refractivity contribution is 6.87. The van der Waals surface area contributed by atoms with E-state index in [0.29, 0.717) is 18.7 Å². The van der Waals surface area contributed by atoms with Gasteiger partial charge < -0.3 is 37.8 Å². The highest BCUT2D eigenvalue weighted by Gasteiger charge is 2.44. The third kappa shape index (κ3) is 17.1. The molecule has 0 saturated heterocycles. The zero-order valence-corrected chi connectivity index (χ0v) is 25.0. The Hall–Kier alpha value is 0.000649. The summed E-state index contributed by atoms with van der Waals surface area (Å²) in [5, 5.41) is 37.3. The van der Waals surface area contributed by atoms with Gasteiger partial charge in [0.2, 0.25) is 0 Å². The summed E-state index contributed by atoms with van der Waals surface area (Å²) in [5.74, 6) is 0. The minimum absolute atomic E-state index is 0.0129. The lowest BCUT2D eigenvalue weighted by Crippen LogP contribution is -2.56. The number of nitrogens with zero attached hydrogens (tertiary/aromatic N) is 1. The van der Waals surface area contributed by atoms with Gasteiger partial charge in [-0.1, -0.05) is 0 Å². The Morgan fingerprint density at radius 1 is 0.909 bits per heavy atom. The summed E-state index contributed by atoms with van der Waals surface area (Å²) in [7, 11) is -7.09. The minimum Gasteiger partial charge on any atom is -0.436 e. The lowest BCUT2D eigenvalue weighted by molar-refractivity contribution is 0.0407. The highest BCUT2D eigenvalue weighted by Crippen LogP contribution is 2.30. The first-order valence-corrected chi connectivity index (χ1v) is 20.3. The topological polar surface area (TPSA) is 130 Å². The smallest absolute Gasteiger partial charge is 0.323 e. The van der Waals surface area contributed by atoms with Crippen molar-refractivity contribution < 1.29 is 37.8 Å². The van der Waals surface area contributed by atoms with Crippen molar-refractivity contribution in [1.82, 2.24) is 0 Å². The molecule has 0 spiro atoms. The average Bonchev–Trinajstić information content (AvgIpc) is 2.62. The molecule has 0 bridgehead atoms. The Morgan fingerprint density at radius 2 is 1.55 bits per heavy atom. The van der Waals surface area contributed by atoms with Crippen molar-refractivity contribution in [3.63, 3.8) is 0 Å². The average molecular weight is 528 g/mol. The Morgan fingerprint density at radius 3 is 2.06 bits per heavy atom. The molecule has 2 unspecified atom stereocenters. The van der Waals surface area contributed by atoms with E-state index in [9.17, 15) is 15.3 Å². The molecule has 0 fully saturated rings. The Labute approximate surface area is 203 Å². The predicted molar refractivity (Wildman–Crippen MR) is 139 cm³/mol. The summed E-state index contributed by atoms with van der Waals surface area (Å²) >= 11 is 0. The summed E-state index contributed by atoms with van der Waals surface area (Å²) < 4.78 is 25.2. The van der Waals surface area contributed by atoms with E-state index in [1.807, 2.05) is 33.9 Å². The van der Waals surface area contributed by atoms with Crippen molar-refractivity contribution in [3.8, 4) is 0 Å². The number of aliphatic imine (C=N–C) groups is 1. The normalized spacial score (nSPS) is 16.7.